The Morgan fingerprint density at radius 1 is 1.47 bits per heavy atom. The lowest BCUT2D eigenvalue weighted by atomic mass is 10.1. The Kier molecular flexibility index (Phi) is 3.21. The molecule has 0 unspecified atom stereocenters. The van der Waals surface area contributed by atoms with Gasteiger partial charge in [0.25, 0.3) is 0 Å². The molecule has 1 aromatic rings. The molecule has 2 rings (SSSR count). The van der Waals surface area contributed by atoms with Crippen LogP contribution in [0.25, 0.3) is 0 Å². The maximum Gasteiger partial charge on any atom is 0.146 e. The number of aromatic nitrogens is 2. The van der Waals surface area contributed by atoms with Gasteiger partial charge in [-0.2, -0.15) is 0 Å². The van der Waals surface area contributed by atoms with Crippen LogP contribution in [0.5, 0.6) is 0 Å². The summed E-state index contributed by atoms with van der Waals surface area (Å²) in [7, 11) is 0. The molecule has 0 aliphatic carbocycles. The van der Waals surface area contributed by atoms with Crippen molar-refractivity contribution in [3.8, 4) is 0 Å². The first kappa shape index (κ1) is 10.8. The molecule has 1 aliphatic rings. The standard InChI is InChI=1S/C10H15BrN4/c1-7-13-6-9(11)10(14-7)15-4-2-8(12)3-5-15/h6,8H,2-5,12H2,1H3. The average Bonchev–Trinajstić information content (AvgIpc) is 2.23. The molecule has 1 fully saturated rings. The fourth-order valence-corrected chi connectivity index (χ4v) is 2.22. The molecule has 2 N–H and O–H groups in total. The molecule has 82 valence electrons. The van der Waals surface area contributed by atoms with Crippen molar-refractivity contribution in [2.24, 2.45) is 5.73 Å². The van der Waals surface area contributed by atoms with Crippen molar-refractivity contribution in [2.45, 2.75) is 25.8 Å². The number of nitrogens with two attached hydrogens (primary N) is 1. The molecule has 1 aromatic heterocycles. The molecule has 1 aliphatic heterocycles. The van der Waals surface area contributed by atoms with E-state index < -0.39 is 0 Å². The highest BCUT2D eigenvalue weighted by Gasteiger charge is 2.19. The van der Waals surface area contributed by atoms with E-state index in [0.29, 0.717) is 6.04 Å². The van der Waals surface area contributed by atoms with Crippen LogP contribution in [0.1, 0.15) is 18.7 Å². The van der Waals surface area contributed by atoms with Crippen LogP contribution in [0.15, 0.2) is 10.7 Å². The summed E-state index contributed by atoms with van der Waals surface area (Å²) in [5.41, 5.74) is 5.87. The van der Waals surface area contributed by atoms with Crippen molar-refractivity contribution in [1.82, 2.24) is 9.97 Å². The number of rotatable bonds is 1. The normalized spacial score (nSPS) is 18.2. The van der Waals surface area contributed by atoms with Crippen molar-refractivity contribution in [2.75, 3.05) is 18.0 Å². The Labute approximate surface area is 98.0 Å². The summed E-state index contributed by atoms with van der Waals surface area (Å²) in [6.07, 6.45) is 3.89. The van der Waals surface area contributed by atoms with E-state index >= 15 is 0 Å². The van der Waals surface area contributed by atoms with Crippen LogP contribution in [0.2, 0.25) is 0 Å². The molecule has 0 atom stereocenters. The SMILES string of the molecule is Cc1ncc(Br)c(N2CCC(N)CC2)n1. The third-order valence-corrected chi connectivity index (χ3v) is 3.24. The van der Waals surface area contributed by atoms with Gasteiger partial charge in [0, 0.05) is 25.3 Å². The summed E-state index contributed by atoms with van der Waals surface area (Å²) < 4.78 is 0.962. The maximum atomic E-state index is 5.87. The fourth-order valence-electron chi connectivity index (χ4n) is 1.78. The molecule has 5 heteroatoms. The summed E-state index contributed by atoms with van der Waals surface area (Å²) in [4.78, 5) is 10.9. The number of aryl methyl sites for hydroxylation is 1. The molecule has 2 heterocycles. The lowest BCUT2D eigenvalue weighted by Gasteiger charge is -2.31. The maximum absolute atomic E-state index is 5.87. The van der Waals surface area contributed by atoms with E-state index in [1.165, 1.54) is 0 Å². The Balaban J connectivity index is 2.18. The zero-order chi connectivity index (χ0) is 10.8. The molecule has 0 saturated carbocycles. The van der Waals surface area contributed by atoms with Gasteiger partial charge in [-0.1, -0.05) is 0 Å². The molecule has 1 saturated heterocycles. The summed E-state index contributed by atoms with van der Waals surface area (Å²) >= 11 is 3.48. The Hall–Kier alpha value is -0.680. The molecule has 0 aromatic carbocycles. The lowest BCUT2D eigenvalue weighted by Crippen LogP contribution is -2.40. The molecule has 0 radical (unpaired) electrons. The van der Waals surface area contributed by atoms with E-state index in [1.54, 1.807) is 0 Å². The smallest absolute Gasteiger partial charge is 0.146 e. The zero-order valence-electron chi connectivity index (χ0n) is 8.78. The largest absolute Gasteiger partial charge is 0.355 e. The number of halogens is 1. The van der Waals surface area contributed by atoms with Gasteiger partial charge in [0.05, 0.1) is 4.47 Å². The number of hydrogen-bond acceptors (Lipinski definition) is 4. The average molecular weight is 271 g/mol. The minimum absolute atomic E-state index is 0.350. The van der Waals surface area contributed by atoms with Crippen molar-refractivity contribution in [3.63, 3.8) is 0 Å². The van der Waals surface area contributed by atoms with Crippen molar-refractivity contribution >= 4 is 21.7 Å². The second-order valence-corrected chi connectivity index (χ2v) is 4.77. The Morgan fingerprint density at radius 2 is 2.13 bits per heavy atom. The third kappa shape index (κ3) is 2.46. The zero-order valence-corrected chi connectivity index (χ0v) is 10.4. The van der Waals surface area contributed by atoms with Crippen LogP contribution < -0.4 is 10.6 Å². The molecule has 0 bridgehead atoms. The topological polar surface area (TPSA) is 55.0 Å². The van der Waals surface area contributed by atoms with E-state index in [1.807, 2.05) is 13.1 Å². The molecular weight excluding hydrogens is 256 g/mol. The van der Waals surface area contributed by atoms with Crippen LogP contribution in [0.3, 0.4) is 0 Å². The van der Waals surface area contributed by atoms with Crippen LogP contribution in [0, 0.1) is 6.92 Å². The second kappa shape index (κ2) is 4.45. The highest BCUT2D eigenvalue weighted by molar-refractivity contribution is 9.10. The quantitative estimate of drug-likeness (QED) is 0.840. The molecule has 15 heavy (non-hydrogen) atoms. The number of anilines is 1. The van der Waals surface area contributed by atoms with Crippen LogP contribution in [0.4, 0.5) is 5.82 Å². The Bertz CT molecular complexity index is 347. The van der Waals surface area contributed by atoms with Crippen LogP contribution >= 0.6 is 15.9 Å². The summed E-state index contributed by atoms with van der Waals surface area (Å²) in [6, 6.07) is 0.350. The molecular formula is C10H15BrN4. The van der Waals surface area contributed by atoms with Gasteiger partial charge in [-0.05, 0) is 35.7 Å². The second-order valence-electron chi connectivity index (χ2n) is 3.91. The van der Waals surface area contributed by atoms with Gasteiger partial charge in [0.15, 0.2) is 0 Å². The molecule has 0 spiro atoms. The van der Waals surface area contributed by atoms with Crippen molar-refractivity contribution < 1.29 is 0 Å². The van der Waals surface area contributed by atoms with E-state index in [0.717, 1.165) is 42.0 Å². The van der Waals surface area contributed by atoms with Gasteiger partial charge >= 0.3 is 0 Å². The van der Waals surface area contributed by atoms with E-state index in [2.05, 4.69) is 30.8 Å². The third-order valence-electron chi connectivity index (χ3n) is 2.69. The van der Waals surface area contributed by atoms with Crippen LogP contribution in [-0.2, 0) is 0 Å². The lowest BCUT2D eigenvalue weighted by molar-refractivity contribution is 0.497. The summed E-state index contributed by atoms with van der Waals surface area (Å²) in [6.45, 7) is 3.87. The van der Waals surface area contributed by atoms with Gasteiger partial charge < -0.3 is 10.6 Å². The number of piperidine rings is 1. The van der Waals surface area contributed by atoms with Gasteiger partial charge in [-0.15, -0.1) is 0 Å². The minimum atomic E-state index is 0.350. The van der Waals surface area contributed by atoms with E-state index in [4.69, 9.17) is 5.73 Å². The highest BCUT2D eigenvalue weighted by atomic mass is 79.9. The molecule has 4 nitrogen and oxygen atoms in total. The van der Waals surface area contributed by atoms with E-state index in [9.17, 15) is 0 Å². The first-order valence-corrected chi connectivity index (χ1v) is 5.96. The van der Waals surface area contributed by atoms with Crippen LogP contribution in [-0.4, -0.2) is 29.1 Å². The van der Waals surface area contributed by atoms with Gasteiger partial charge in [0.1, 0.15) is 11.6 Å². The van der Waals surface area contributed by atoms with Gasteiger partial charge in [0.2, 0.25) is 0 Å². The first-order chi connectivity index (χ1) is 7.16. The predicted molar refractivity (Wildman–Crippen MR) is 63.9 cm³/mol. The predicted octanol–water partition coefficient (Wildman–Crippen LogP) is 1.48. The Morgan fingerprint density at radius 3 is 2.80 bits per heavy atom. The van der Waals surface area contributed by atoms with Gasteiger partial charge in [-0.25, -0.2) is 9.97 Å². The fraction of sp³-hybridized carbons (Fsp3) is 0.600. The van der Waals surface area contributed by atoms with Crippen molar-refractivity contribution in [1.29, 1.82) is 0 Å². The van der Waals surface area contributed by atoms with E-state index in [-0.39, 0.29) is 0 Å². The molecule has 0 amide bonds. The first-order valence-electron chi connectivity index (χ1n) is 5.16. The highest BCUT2D eigenvalue weighted by Crippen LogP contribution is 2.25. The summed E-state index contributed by atoms with van der Waals surface area (Å²) in [5.74, 6) is 1.80. The monoisotopic (exact) mass is 270 g/mol. The van der Waals surface area contributed by atoms with Gasteiger partial charge in [-0.3, -0.25) is 0 Å². The number of nitrogens with zero attached hydrogens (tertiary/aromatic N) is 3. The minimum Gasteiger partial charge on any atom is -0.355 e. The summed E-state index contributed by atoms with van der Waals surface area (Å²) in [5, 5.41) is 0. The number of hydrogen-bond donors (Lipinski definition) is 1. The van der Waals surface area contributed by atoms with Crippen molar-refractivity contribution in [3.05, 3.63) is 16.5 Å².